The first-order chi connectivity index (χ1) is 9.99. The van der Waals surface area contributed by atoms with Gasteiger partial charge in [0.15, 0.2) is 0 Å². The van der Waals surface area contributed by atoms with Crippen molar-refractivity contribution >= 4 is 34.1 Å². The number of thiophene rings is 1. The van der Waals surface area contributed by atoms with E-state index in [2.05, 4.69) is 5.32 Å². The van der Waals surface area contributed by atoms with Crippen molar-refractivity contribution in [3.05, 3.63) is 26.6 Å². The van der Waals surface area contributed by atoms with Crippen LogP contribution in [-0.4, -0.2) is 33.6 Å². The minimum absolute atomic E-state index is 0.0419. The summed E-state index contributed by atoms with van der Waals surface area (Å²) in [4.78, 5) is 47.4. The molecule has 0 bridgehead atoms. The Balaban J connectivity index is 1.88. The molecule has 110 valence electrons. The molecule has 0 unspecified atom stereocenters. The lowest BCUT2D eigenvalue weighted by molar-refractivity contribution is -0.380. The highest BCUT2D eigenvalue weighted by molar-refractivity contribution is 7.13. The van der Waals surface area contributed by atoms with Gasteiger partial charge in [0, 0.05) is 11.8 Å². The molecule has 3 rings (SSSR count). The normalized spacial score (nSPS) is 22.0. The van der Waals surface area contributed by atoms with Crippen LogP contribution in [0.2, 0.25) is 0 Å². The molecule has 0 radical (unpaired) electrons. The van der Waals surface area contributed by atoms with Crippen LogP contribution in [0, 0.1) is 10.1 Å². The van der Waals surface area contributed by atoms with Gasteiger partial charge >= 0.3 is 5.00 Å². The molecular formula is C12H11N3O5S. The van der Waals surface area contributed by atoms with Gasteiger partial charge in [0.2, 0.25) is 11.8 Å². The number of hydrogen-bond donors (Lipinski definition) is 1. The van der Waals surface area contributed by atoms with Crippen LogP contribution in [0.1, 0.15) is 35.2 Å². The Morgan fingerprint density at radius 2 is 2.14 bits per heavy atom. The van der Waals surface area contributed by atoms with E-state index in [0.717, 1.165) is 11.3 Å². The van der Waals surface area contributed by atoms with Crippen molar-refractivity contribution in [1.82, 2.24) is 10.2 Å². The van der Waals surface area contributed by atoms with E-state index in [1.54, 1.807) is 0 Å². The maximum atomic E-state index is 12.3. The molecule has 21 heavy (non-hydrogen) atoms. The van der Waals surface area contributed by atoms with E-state index in [0.29, 0.717) is 18.4 Å². The monoisotopic (exact) mass is 309 g/mol. The fourth-order valence-electron chi connectivity index (χ4n) is 2.67. The van der Waals surface area contributed by atoms with Crippen LogP contribution in [-0.2, 0) is 16.1 Å². The first-order valence-corrected chi connectivity index (χ1v) is 7.26. The molecule has 1 aromatic rings. The maximum Gasteiger partial charge on any atom is 0.329 e. The summed E-state index contributed by atoms with van der Waals surface area (Å²) in [5.74, 6) is -1.25. The van der Waals surface area contributed by atoms with Crippen LogP contribution >= 0.6 is 11.3 Å². The second-order valence-corrected chi connectivity index (χ2v) is 5.80. The molecule has 1 fully saturated rings. The van der Waals surface area contributed by atoms with Gasteiger partial charge in [0.1, 0.15) is 6.04 Å². The summed E-state index contributed by atoms with van der Waals surface area (Å²) in [6.07, 6.45) is 1.12. The zero-order valence-corrected chi connectivity index (χ0v) is 11.6. The molecule has 0 spiro atoms. The Morgan fingerprint density at radius 1 is 1.38 bits per heavy atom. The molecule has 3 amide bonds. The third kappa shape index (κ3) is 2.19. The van der Waals surface area contributed by atoms with Gasteiger partial charge in [-0.15, -0.1) is 0 Å². The molecule has 8 nitrogen and oxygen atoms in total. The Hall–Kier alpha value is -2.29. The van der Waals surface area contributed by atoms with Crippen molar-refractivity contribution < 1.29 is 19.3 Å². The minimum atomic E-state index is -0.749. The van der Waals surface area contributed by atoms with Gasteiger partial charge in [-0.25, -0.2) is 0 Å². The Kier molecular flexibility index (Phi) is 3.20. The maximum absolute atomic E-state index is 12.3. The molecule has 2 aliphatic heterocycles. The predicted molar refractivity (Wildman–Crippen MR) is 71.6 cm³/mol. The quantitative estimate of drug-likeness (QED) is 0.494. The number of hydrogen-bond acceptors (Lipinski definition) is 6. The highest BCUT2D eigenvalue weighted by atomic mass is 32.1. The fraction of sp³-hybridized carbons (Fsp3) is 0.417. The van der Waals surface area contributed by atoms with Gasteiger partial charge in [0.25, 0.3) is 5.91 Å². The molecule has 1 N–H and O–H groups in total. The van der Waals surface area contributed by atoms with Crippen molar-refractivity contribution in [2.24, 2.45) is 0 Å². The highest BCUT2D eigenvalue weighted by Gasteiger charge is 2.41. The second-order valence-electron chi connectivity index (χ2n) is 4.94. The van der Waals surface area contributed by atoms with Crippen molar-refractivity contribution in [2.45, 2.75) is 31.8 Å². The lowest BCUT2D eigenvalue weighted by Crippen LogP contribution is -2.47. The summed E-state index contributed by atoms with van der Waals surface area (Å²) < 4.78 is 0. The number of amides is 3. The van der Waals surface area contributed by atoms with Crippen LogP contribution in [0.15, 0.2) is 5.38 Å². The van der Waals surface area contributed by atoms with Gasteiger partial charge in [-0.05, 0) is 12.8 Å². The topological polar surface area (TPSA) is 110 Å². The van der Waals surface area contributed by atoms with E-state index in [4.69, 9.17) is 0 Å². The number of rotatable bonds is 2. The SMILES string of the molecule is O=C1CCC[C@H](N2Cc3c(csc3[N+](=O)[O-])C2=O)C(=O)N1. The van der Waals surface area contributed by atoms with Crippen LogP contribution in [0.4, 0.5) is 5.00 Å². The number of nitrogens with one attached hydrogen (secondary N) is 1. The van der Waals surface area contributed by atoms with Gasteiger partial charge < -0.3 is 4.90 Å². The number of fused-ring (bicyclic) bond motifs is 1. The summed E-state index contributed by atoms with van der Waals surface area (Å²) >= 11 is 0.917. The predicted octanol–water partition coefficient (Wildman–Crippen LogP) is 0.807. The average molecular weight is 309 g/mol. The van der Waals surface area contributed by atoms with Gasteiger partial charge in [-0.3, -0.25) is 29.8 Å². The van der Waals surface area contributed by atoms with E-state index in [-0.39, 0.29) is 35.3 Å². The van der Waals surface area contributed by atoms with E-state index in [1.165, 1.54) is 10.3 Å². The van der Waals surface area contributed by atoms with Crippen LogP contribution in [0.25, 0.3) is 0 Å². The van der Waals surface area contributed by atoms with Gasteiger partial charge in [-0.2, -0.15) is 0 Å². The molecule has 0 aromatic carbocycles. The summed E-state index contributed by atoms with van der Waals surface area (Å²) in [7, 11) is 0. The molecule has 0 saturated carbocycles. The lowest BCUT2D eigenvalue weighted by Gasteiger charge is -2.24. The first kappa shape index (κ1) is 13.7. The Bertz CT molecular complexity index is 668. The molecule has 1 aromatic heterocycles. The van der Waals surface area contributed by atoms with E-state index in [1.807, 2.05) is 0 Å². The Labute approximate surface area is 122 Å². The second kappa shape index (κ2) is 4.92. The number of nitrogens with zero attached hydrogens (tertiary/aromatic N) is 2. The fourth-order valence-corrected chi connectivity index (χ4v) is 3.55. The van der Waals surface area contributed by atoms with Crippen molar-refractivity contribution in [1.29, 1.82) is 0 Å². The summed E-state index contributed by atoms with van der Waals surface area (Å²) in [5, 5.41) is 14.6. The summed E-state index contributed by atoms with van der Waals surface area (Å²) in [5.41, 5.74) is 0.647. The van der Waals surface area contributed by atoms with Crippen molar-refractivity contribution in [3.8, 4) is 0 Å². The zero-order valence-electron chi connectivity index (χ0n) is 10.8. The number of imide groups is 1. The Morgan fingerprint density at radius 3 is 2.86 bits per heavy atom. The number of nitro groups is 1. The van der Waals surface area contributed by atoms with Crippen LogP contribution in [0.3, 0.4) is 0 Å². The number of carbonyl (C=O) groups is 3. The van der Waals surface area contributed by atoms with Crippen molar-refractivity contribution in [2.75, 3.05) is 0 Å². The van der Waals surface area contributed by atoms with E-state index in [9.17, 15) is 24.5 Å². The molecule has 1 atom stereocenters. The molecule has 0 aliphatic carbocycles. The van der Waals surface area contributed by atoms with Gasteiger partial charge in [0.05, 0.1) is 22.6 Å². The molecule has 3 heterocycles. The van der Waals surface area contributed by atoms with Crippen LogP contribution in [0.5, 0.6) is 0 Å². The average Bonchev–Trinajstić information content (AvgIpc) is 2.90. The zero-order chi connectivity index (χ0) is 15.1. The van der Waals surface area contributed by atoms with Crippen molar-refractivity contribution in [3.63, 3.8) is 0 Å². The third-order valence-electron chi connectivity index (χ3n) is 3.68. The van der Waals surface area contributed by atoms with E-state index >= 15 is 0 Å². The molecule has 1 saturated heterocycles. The summed E-state index contributed by atoms with van der Waals surface area (Å²) in [6, 6.07) is -0.749. The summed E-state index contributed by atoms with van der Waals surface area (Å²) in [6.45, 7) is 0.0419. The molecule has 2 aliphatic rings. The van der Waals surface area contributed by atoms with Gasteiger partial charge in [-0.1, -0.05) is 11.3 Å². The minimum Gasteiger partial charge on any atom is -0.322 e. The van der Waals surface area contributed by atoms with Crippen LogP contribution < -0.4 is 5.32 Å². The first-order valence-electron chi connectivity index (χ1n) is 6.38. The highest BCUT2D eigenvalue weighted by Crippen LogP contribution is 2.38. The third-order valence-corrected chi connectivity index (χ3v) is 4.65. The largest absolute Gasteiger partial charge is 0.329 e. The lowest BCUT2D eigenvalue weighted by atomic mass is 10.1. The number of carbonyl (C=O) groups excluding carboxylic acids is 3. The molecular weight excluding hydrogens is 298 g/mol. The standard InChI is InChI=1S/C12H11N3O5S/c16-9-3-1-2-8(10(17)13-9)14-4-6-7(11(14)18)5-21-12(6)15(19)20/h5,8H,1-4H2,(H,13,16,17)/t8-/m0/s1. The molecule has 9 heteroatoms. The van der Waals surface area contributed by atoms with E-state index < -0.39 is 16.9 Å². The smallest absolute Gasteiger partial charge is 0.322 e.